The Balaban J connectivity index is 1.32. The third-order valence-corrected chi connectivity index (χ3v) is 7.25. The van der Waals surface area contributed by atoms with Crippen molar-refractivity contribution in [3.8, 4) is 11.1 Å². The van der Waals surface area contributed by atoms with Crippen molar-refractivity contribution in [3.05, 3.63) is 46.7 Å². The first-order valence-corrected chi connectivity index (χ1v) is 12.0. The van der Waals surface area contributed by atoms with E-state index in [0.29, 0.717) is 11.4 Å². The molecule has 6 nitrogen and oxygen atoms in total. The van der Waals surface area contributed by atoms with Gasteiger partial charge in [0.05, 0.1) is 13.2 Å². The number of carbonyl (C=O) groups excluding carboxylic acids is 2. The zero-order chi connectivity index (χ0) is 21.5. The number of amides is 1. The van der Waals surface area contributed by atoms with Crippen LogP contribution in [0.25, 0.3) is 11.1 Å². The van der Waals surface area contributed by atoms with Gasteiger partial charge in [-0.1, -0.05) is 49.6 Å². The Morgan fingerprint density at radius 2 is 1.81 bits per heavy atom. The summed E-state index contributed by atoms with van der Waals surface area (Å²) in [5.41, 5.74) is 1.80. The van der Waals surface area contributed by atoms with E-state index in [1.54, 1.807) is 0 Å². The lowest BCUT2D eigenvalue weighted by atomic mass is 9.79. The van der Waals surface area contributed by atoms with E-state index >= 15 is 0 Å². The molecular weight excluding hydrogens is 412 g/mol. The van der Waals surface area contributed by atoms with Crippen molar-refractivity contribution in [2.24, 2.45) is 0 Å². The van der Waals surface area contributed by atoms with Crippen LogP contribution in [0.4, 0.5) is 0 Å². The van der Waals surface area contributed by atoms with Gasteiger partial charge in [0.1, 0.15) is 4.88 Å². The van der Waals surface area contributed by atoms with E-state index in [1.165, 1.54) is 30.6 Å². The van der Waals surface area contributed by atoms with Gasteiger partial charge in [0.25, 0.3) is 5.91 Å². The summed E-state index contributed by atoms with van der Waals surface area (Å²) in [5.74, 6) is -0.700. The van der Waals surface area contributed by atoms with Crippen LogP contribution in [0.1, 0.15) is 41.8 Å². The van der Waals surface area contributed by atoms with Gasteiger partial charge in [-0.2, -0.15) is 0 Å². The number of esters is 1. The summed E-state index contributed by atoms with van der Waals surface area (Å²) in [6, 6.07) is 11.6. The second-order valence-electron chi connectivity index (χ2n) is 8.27. The van der Waals surface area contributed by atoms with Gasteiger partial charge in [0, 0.05) is 30.7 Å². The number of thiophene rings is 1. The fourth-order valence-electron chi connectivity index (χ4n) is 4.68. The summed E-state index contributed by atoms with van der Waals surface area (Å²) >= 11 is 1.33. The molecule has 0 spiro atoms. The Labute approximate surface area is 187 Å². The number of ether oxygens (including phenoxy) is 2. The molecule has 1 saturated carbocycles. The number of nitrogens with one attached hydrogen (secondary N) is 1. The highest BCUT2D eigenvalue weighted by Gasteiger charge is 2.38. The fourth-order valence-corrected chi connectivity index (χ4v) is 5.48. The quantitative estimate of drug-likeness (QED) is 0.662. The SMILES string of the molecule is O=C(COC(=O)c1sccc1-c1ccccc1)NCC1(N2CCOCC2)CCCCC1. The Bertz CT molecular complexity index is 871. The average Bonchev–Trinajstić information content (AvgIpc) is 3.33. The first kappa shape index (κ1) is 22.0. The highest BCUT2D eigenvalue weighted by molar-refractivity contribution is 7.12. The number of nitrogens with zero attached hydrogens (tertiary/aromatic N) is 1. The van der Waals surface area contributed by atoms with E-state index in [1.807, 2.05) is 41.8 Å². The zero-order valence-electron chi connectivity index (χ0n) is 17.8. The maximum atomic E-state index is 12.6. The zero-order valence-corrected chi connectivity index (χ0v) is 18.6. The molecule has 31 heavy (non-hydrogen) atoms. The molecule has 1 aromatic heterocycles. The third kappa shape index (κ3) is 5.34. The summed E-state index contributed by atoms with van der Waals surface area (Å²) < 4.78 is 10.9. The molecule has 2 aliphatic rings. The lowest BCUT2D eigenvalue weighted by Gasteiger charge is -2.48. The lowest BCUT2D eigenvalue weighted by Crippen LogP contribution is -2.59. The predicted octanol–water partition coefficient (Wildman–Crippen LogP) is 3.72. The van der Waals surface area contributed by atoms with Gasteiger partial charge in [0.2, 0.25) is 0 Å². The number of hydrogen-bond acceptors (Lipinski definition) is 6. The summed E-state index contributed by atoms with van der Waals surface area (Å²) in [6.07, 6.45) is 5.79. The van der Waals surface area contributed by atoms with Crippen LogP contribution in [0, 0.1) is 0 Å². The smallest absolute Gasteiger partial charge is 0.349 e. The fraction of sp³-hybridized carbons (Fsp3) is 0.500. The van der Waals surface area contributed by atoms with Gasteiger partial charge in [-0.25, -0.2) is 4.79 Å². The molecule has 1 amide bonds. The van der Waals surface area contributed by atoms with E-state index < -0.39 is 5.97 Å². The monoisotopic (exact) mass is 442 g/mol. The lowest BCUT2D eigenvalue weighted by molar-refractivity contribution is -0.125. The molecule has 4 rings (SSSR count). The molecule has 0 radical (unpaired) electrons. The van der Waals surface area contributed by atoms with Crippen LogP contribution in [-0.2, 0) is 14.3 Å². The summed E-state index contributed by atoms with van der Waals surface area (Å²) in [5, 5.41) is 4.91. The average molecular weight is 443 g/mol. The second kappa shape index (κ2) is 10.4. The molecule has 166 valence electrons. The number of hydrogen-bond donors (Lipinski definition) is 1. The molecule has 0 atom stereocenters. The maximum Gasteiger partial charge on any atom is 0.349 e. The van der Waals surface area contributed by atoms with Crippen LogP contribution in [0.5, 0.6) is 0 Å². The maximum absolute atomic E-state index is 12.6. The molecule has 2 aromatic rings. The van der Waals surface area contributed by atoms with Crippen molar-refractivity contribution in [2.75, 3.05) is 39.5 Å². The van der Waals surface area contributed by atoms with E-state index in [-0.39, 0.29) is 18.1 Å². The van der Waals surface area contributed by atoms with Gasteiger partial charge in [-0.05, 0) is 29.9 Å². The molecule has 0 unspecified atom stereocenters. The molecule has 1 N–H and O–H groups in total. The van der Waals surface area contributed by atoms with E-state index in [0.717, 1.165) is 50.3 Å². The van der Waals surface area contributed by atoms with Crippen LogP contribution < -0.4 is 5.32 Å². The molecule has 7 heteroatoms. The van der Waals surface area contributed by atoms with Gasteiger partial charge < -0.3 is 14.8 Å². The number of morpholine rings is 1. The van der Waals surface area contributed by atoms with Crippen LogP contribution in [-0.4, -0.2) is 61.8 Å². The minimum Gasteiger partial charge on any atom is -0.451 e. The Morgan fingerprint density at radius 1 is 1.06 bits per heavy atom. The van der Waals surface area contributed by atoms with Crippen LogP contribution in [0.3, 0.4) is 0 Å². The van der Waals surface area contributed by atoms with Crippen LogP contribution in [0.2, 0.25) is 0 Å². The Kier molecular flexibility index (Phi) is 7.37. The molecule has 1 saturated heterocycles. The van der Waals surface area contributed by atoms with Crippen molar-refractivity contribution in [1.29, 1.82) is 0 Å². The van der Waals surface area contributed by atoms with Gasteiger partial charge in [-0.3, -0.25) is 9.69 Å². The first-order valence-electron chi connectivity index (χ1n) is 11.1. The molecule has 1 aromatic carbocycles. The molecule has 2 fully saturated rings. The number of benzene rings is 1. The third-order valence-electron chi connectivity index (χ3n) is 6.35. The van der Waals surface area contributed by atoms with Crippen molar-refractivity contribution in [1.82, 2.24) is 10.2 Å². The second-order valence-corrected chi connectivity index (χ2v) is 9.18. The van der Waals surface area contributed by atoms with Crippen LogP contribution in [0.15, 0.2) is 41.8 Å². The normalized spacial score (nSPS) is 19.0. The minimum absolute atomic E-state index is 0.00404. The summed E-state index contributed by atoms with van der Waals surface area (Å²) in [7, 11) is 0. The van der Waals surface area contributed by atoms with Crippen molar-refractivity contribution in [2.45, 2.75) is 37.6 Å². The van der Waals surface area contributed by atoms with Gasteiger partial charge in [0.15, 0.2) is 6.61 Å². The van der Waals surface area contributed by atoms with Crippen molar-refractivity contribution < 1.29 is 19.1 Å². The summed E-state index contributed by atoms with van der Waals surface area (Å²) in [6.45, 7) is 3.65. The highest BCUT2D eigenvalue weighted by atomic mass is 32.1. The van der Waals surface area contributed by atoms with Gasteiger partial charge >= 0.3 is 5.97 Å². The van der Waals surface area contributed by atoms with E-state index in [2.05, 4.69) is 10.2 Å². The highest BCUT2D eigenvalue weighted by Crippen LogP contribution is 2.34. The molecular formula is C24H30N2O4S. The first-order chi connectivity index (χ1) is 15.2. The van der Waals surface area contributed by atoms with E-state index in [4.69, 9.17) is 9.47 Å². The molecule has 1 aliphatic carbocycles. The number of rotatable bonds is 7. The van der Waals surface area contributed by atoms with Crippen molar-refractivity contribution >= 4 is 23.2 Å². The van der Waals surface area contributed by atoms with Gasteiger partial charge in [-0.15, -0.1) is 11.3 Å². The standard InChI is InChI=1S/C24H30N2O4S/c27-21(25-18-24(10-5-2-6-11-24)26-12-14-29-15-13-26)17-30-23(28)22-20(9-16-31-22)19-7-3-1-4-8-19/h1,3-4,7-9,16H,2,5-6,10-15,17-18H2,(H,25,27). The molecule has 2 heterocycles. The molecule has 1 aliphatic heterocycles. The largest absolute Gasteiger partial charge is 0.451 e. The molecule has 0 bridgehead atoms. The van der Waals surface area contributed by atoms with Crippen molar-refractivity contribution in [3.63, 3.8) is 0 Å². The predicted molar refractivity (Wildman–Crippen MR) is 121 cm³/mol. The summed E-state index contributed by atoms with van der Waals surface area (Å²) in [4.78, 5) is 28.1. The Hall–Kier alpha value is -2.22. The Morgan fingerprint density at radius 3 is 2.55 bits per heavy atom. The topological polar surface area (TPSA) is 67.9 Å². The van der Waals surface area contributed by atoms with E-state index in [9.17, 15) is 9.59 Å². The number of carbonyl (C=O) groups is 2. The minimum atomic E-state index is -0.454. The van der Waals surface area contributed by atoms with Crippen LogP contribution >= 0.6 is 11.3 Å².